The molecule has 1 amide bonds. The van der Waals surface area contributed by atoms with E-state index in [1.807, 2.05) is 38.1 Å². The lowest BCUT2D eigenvalue weighted by Gasteiger charge is -2.22. The summed E-state index contributed by atoms with van der Waals surface area (Å²) >= 11 is 7.51. The smallest absolute Gasteiger partial charge is 0.260 e. The molecule has 0 N–H and O–H groups in total. The third kappa shape index (κ3) is 6.68. The third-order valence-electron chi connectivity index (χ3n) is 5.22. The fraction of sp³-hybridized carbons (Fsp3) is 0.391. The van der Waals surface area contributed by atoms with Crippen molar-refractivity contribution >= 4 is 66.6 Å². The number of halogens is 2. The zero-order valence-electron chi connectivity index (χ0n) is 19.7. The molecule has 0 atom stereocenters. The number of amides is 1. The quantitative estimate of drug-likeness (QED) is 0.359. The minimum atomic E-state index is -3.59. The van der Waals surface area contributed by atoms with Crippen molar-refractivity contribution in [3.8, 4) is 0 Å². The Kier molecular flexibility index (Phi) is 10.3. The molecule has 3 aromatic rings. The largest absolute Gasteiger partial charge is 0.308 e. The van der Waals surface area contributed by atoms with Crippen molar-refractivity contribution in [1.82, 2.24) is 14.2 Å². The highest BCUT2D eigenvalue weighted by atomic mass is 35.5. The number of likely N-dealkylation sites (N-methyl/N-ethyl adjacent to an activating group) is 1. The molecule has 0 unspecified atom stereocenters. The number of hydrogen-bond donors (Lipinski definition) is 0. The van der Waals surface area contributed by atoms with E-state index >= 15 is 0 Å². The van der Waals surface area contributed by atoms with Crippen molar-refractivity contribution in [3.63, 3.8) is 0 Å². The highest BCUT2D eigenvalue weighted by Crippen LogP contribution is 2.31. The second kappa shape index (κ2) is 12.3. The number of carbonyl (C=O) groups excluding carboxylic acids is 1. The molecule has 0 saturated carbocycles. The molecule has 11 heteroatoms. The lowest BCUT2D eigenvalue weighted by molar-refractivity contribution is 0.0985. The number of fused-ring (bicyclic) bond motifs is 1. The average Bonchev–Trinajstić information content (AvgIpc) is 3.19. The predicted octanol–water partition coefficient (Wildman–Crippen LogP) is 5.00. The monoisotopic (exact) mass is 544 g/mol. The summed E-state index contributed by atoms with van der Waals surface area (Å²) in [5, 5.41) is 1.19. The molecule has 1 aromatic heterocycles. The second-order valence-electron chi connectivity index (χ2n) is 8.07. The molecular formula is C23H30Cl2N4O3S2. The molecule has 7 nitrogen and oxygen atoms in total. The fourth-order valence-electron chi connectivity index (χ4n) is 3.19. The van der Waals surface area contributed by atoms with Gasteiger partial charge in [0.25, 0.3) is 5.91 Å². The van der Waals surface area contributed by atoms with Crippen LogP contribution in [0.4, 0.5) is 5.13 Å². The molecule has 3 rings (SSSR count). The summed E-state index contributed by atoms with van der Waals surface area (Å²) in [6, 6.07) is 11.6. The molecule has 0 fully saturated rings. The van der Waals surface area contributed by atoms with Gasteiger partial charge in [-0.3, -0.25) is 9.69 Å². The third-order valence-corrected chi connectivity index (χ3v) is 8.37. The molecule has 0 aliphatic carbocycles. The van der Waals surface area contributed by atoms with Gasteiger partial charge in [-0.2, -0.15) is 0 Å². The minimum absolute atomic E-state index is 0. The van der Waals surface area contributed by atoms with E-state index in [0.717, 1.165) is 23.1 Å². The summed E-state index contributed by atoms with van der Waals surface area (Å²) in [6.07, 6.45) is 1.70. The van der Waals surface area contributed by atoms with Gasteiger partial charge < -0.3 is 4.90 Å². The van der Waals surface area contributed by atoms with E-state index in [2.05, 4.69) is 4.98 Å². The Morgan fingerprint density at radius 3 is 2.32 bits per heavy atom. The van der Waals surface area contributed by atoms with Gasteiger partial charge in [0.1, 0.15) is 0 Å². The number of nitrogens with zero attached hydrogens (tertiary/aromatic N) is 4. The lowest BCUT2D eigenvalue weighted by atomic mass is 10.2. The normalized spacial score (nSPS) is 11.7. The first-order valence-electron chi connectivity index (χ1n) is 10.7. The molecule has 1 heterocycles. The fourth-order valence-corrected chi connectivity index (χ4v) is 5.67. The molecule has 0 aliphatic rings. The van der Waals surface area contributed by atoms with Crippen LogP contribution >= 0.6 is 35.3 Å². The molecule has 0 aliphatic heterocycles. The topological polar surface area (TPSA) is 73.8 Å². The van der Waals surface area contributed by atoms with Crippen LogP contribution in [-0.2, 0) is 10.0 Å². The minimum Gasteiger partial charge on any atom is -0.308 e. The molecule has 2 aromatic carbocycles. The van der Waals surface area contributed by atoms with E-state index in [4.69, 9.17) is 11.6 Å². The van der Waals surface area contributed by atoms with Gasteiger partial charge >= 0.3 is 0 Å². The van der Waals surface area contributed by atoms with Crippen molar-refractivity contribution in [2.24, 2.45) is 0 Å². The molecule has 0 radical (unpaired) electrons. The Morgan fingerprint density at radius 2 is 1.71 bits per heavy atom. The number of anilines is 1. The van der Waals surface area contributed by atoms with E-state index in [1.54, 1.807) is 30.1 Å². The summed E-state index contributed by atoms with van der Waals surface area (Å²) in [7, 11) is 1.87. The van der Waals surface area contributed by atoms with Crippen LogP contribution in [0.1, 0.15) is 30.1 Å². The zero-order valence-corrected chi connectivity index (χ0v) is 22.9. The van der Waals surface area contributed by atoms with Gasteiger partial charge in [0, 0.05) is 37.3 Å². The van der Waals surface area contributed by atoms with Gasteiger partial charge in [-0.1, -0.05) is 36.3 Å². The Morgan fingerprint density at radius 1 is 1.03 bits per heavy atom. The van der Waals surface area contributed by atoms with E-state index in [1.165, 1.54) is 27.8 Å². The predicted molar refractivity (Wildman–Crippen MR) is 143 cm³/mol. The van der Waals surface area contributed by atoms with E-state index in [9.17, 15) is 13.2 Å². The van der Waals surface area contributed by atoms with Crippen LogP contribution < -0.4 is 4.90 Å². The Balaban J connectivity index is 0.00000408. The van der Waals surface area contributed by atoms with Gasteiger partial charge in [-0.05, 0) is 63.0 Å². The number of sulfonamides is 1. The molecular weight excluding hydrogens is 515 g/mol. The number of aromatic nitrogens is 1. The van der Waals surface area contributed by atoms with E-state index in [0.29, 0.717) is 35.4 Å². The maximum Gasteiger partial charge on any atom is 0.260 e. The van der Waals surface area contributed by atoms with E-state index in [-0.39, 0.29) is 23.2 Å². The molecule has 0 bridgehead atoms. The number of benzene rings is 2. The molecule has 0 spiro atoms. The maximum absolute atomic E-state index is 13.4. The first-order valence-corrected chi connectivity index (χ1v) is 13.4. The summed E-state index contributed by atoms with van der Waals surface area (Å²) in [5.41, 5.74) is 1.18. The van der Waals surface area contributed by atoms with Gasteiger partial charge in [-0.15, -0.1) is 12.4 Å². The van der Waals surface area contributed by atoms with E-state index < -0.39 is 10.0 Å². The van der Waals surface area contributed by atoms with Gasteiger partial charge in [0.15, 0.2) is 5.13 Å². The van der Waals surface area contributed by atoms with Crippen molar-refractivity contribution in [2.75, 3.05) is 45.7 Å². The van der Waals surface area contributed by atoms with Crippen LogP contribution in [0.15, 0.2) is 47.4 Å². The van der Waals surface area contributed by atoms with Crippen LogP contribution in [0, 0.1) is 0 Å². The number of unbranched alkanes of at least 4 members (excludes halogenated alkanes) is 1. The highest BCUT2D eigenvalue weighted by Gasteiger charge is 2.24. The van der Waals surface area contributed by atoms with Crippen molar-refractivity contribution in [3.05, 3.63) is 53.1 Å². The van der Waals surface area contributed by atoms with Crippen LogP contribution in [0.2, 0.25) is 5.02 Å². The lowest BCUT2D eigenvalue weighted by Crippen LogP contribution is -2.36. The Hall–Kier alpha value is -1.75. The molecule has 186 valence electrons. The van der Waals surface area contributed by atoms with Gasteiger partial charge in [0.2, 0.25) is 10.0 Å². The van der Waals surface area contributed by atoms with Gasteiger partial charge in [-0.25, -0.2) is 17.7 Å². The maximum atomic E-state index is 13.4. The summed E-state index contributed by atoms with van der Waals surface area (Å²) < 4.78 is 27.8. The number of carbonyl (C=O) groups is 1. The number of hydrogen-bond acceptors (Lipinski definition) is 6. The summed E-state index contributed by atoms with van der Waals surface area (Å²) in [6.45, 7) is 3.57. The number of rotatable bonds is 10. The summed E-state index contributed by atoms with van der Waals surface area (Å²) in [5.74, 6) is -0.231. The summed E-state index contributed by atoms with van der Waals surface area (Å²) in [4.78, 5) is 21.9. The molecule has 0 saturated heterocycles. The van der Waals surface area contributed by atoms with Crippen LogP contribution in [0.25, 0.3) is 10.2 Å². The second-order valence-corrected chi connectivity index (χ2v) is 11.6. The molecule has 34 heavy (non-hydrogen) atoms. The first-order chi connectivity index (χ1) is 15.6. The number of thiazole rings is 1. The van der Waals surface area contributed by atoms with Crippen molar-refractivity contribution in [2.45, 2.75) is 24.7 Å². The average molecular weight is 546 g/mol. The zero-order chi connectivity index (χ0) is 24.2. The van der Waals surface area contributed by atoms with Crippen molar-refractivity contribution < 1.29 is 13.2 Å². The SMILES string of the molecule is CCCCN(C)S(=O)(=O)c1ccc(C(=O)N(CCN(C)C)c2nc3ccc(Cl)cc3s2)cc1.Cl. The van der Waals surface area contributed by atoms with Crippen LogP contribution in [-0.4, -0.2) is 69.3 Å². The Labute approximate surface area is 216 Å². The van der Waals surface area contributed by atoms with Crippen LogP contribution in [0.5, 0.6) is 0 Å². The van der Waals surface area contributed by atoms with Crippen molar-refractivity contribution in [1.29, 1.82) is 0 Å². The van der Waals surface area contributed by atoms with Crippen LogP contribution in [0.3, 0.4) is 0 Å². The highest BCUT2D eigenvalue weighted by molar-refractivity contribution is 7.89. The van der Waals surface area contributed by atoms with Gasteiger partial charge in [0.05, 0.1) is 15.1 Å². The standard InChI is InChI=1S/C23H29ClN4O3S2.ClH/c1-5-6-13-27(4)33(30,31)19-10-7-17(8-11-19)22(29)28(15-14-26(2)3)23-25-20-12-9-18(24)16-21(20)32-23;/h7-12,16H,5-6,13-15H2,1-4H3;1H. The Bertz CT molecular complexity index is 1210. The first kappa shape index (κ1) is 28.5.